The van der Waals surface area contributed by atoms with E-state index in [0.29, 0.717) is 21.3 Å². The first kappa shape index (κ1) is 17.8. The van der Waals surface area contributed by atoms with Gasteiger partial charge in [0, 0.05) is 13.1 Å². The van der Waals surface area contributed by atoms with E-state index in [2.05, 4.69) is 15.2 Å². The molecule has 138 valence electrons. The van der Waals surface area contributed by atoms with Crippen LogP contribution in [0.4, 0.5) is 15.8 Å². The Labute approximate surface area is 162 Å². The quantitative estimate of drug-likeness (QED) is 0.789. The Balaban J connectivity index is 1.55. The number of amidine groups is 1. The van der Waals surface area contributed by atoms with E-state index in [0.717, 1.165) is 37.2 Å². The number of amides is 1. The lowest BCUT2D eigenvalue weighted by atomic mass is 10.1. The highest BCUT2D eigenvalue weighted by Gasteiger charge is 2.24. The SMILES string of the molecule is Cc1ccccc1N=C1NC(=O)/C(=C/c2ccc(N3CCCC3)c(F)c2)S1. The Bertz CT molecular complexity index is 948. The fraction of sp³-hybridized carbons (Fsp3) is 0.238. The molecule has 2 aromatic rings. The van der Waals surface area contributed by atoms with Gasteiger partial charge in [-0.2, -0.15) is 0 Å². The van der Waals surface area contributed by atoms with E-state index in [1.54, 1.807) is 12.1 Å². The van der Waals surface area contributed by atoms with Gasteiger partial charge in [0.05, 0.1) is 16.3 Å². The zero-order chi connectivity index (χ0) is 18.8. The Morgan fingerprint density at radius 2 is 1.96 bits per heavy atom. The summed E-state index contributed by atoms with van der Waals surface area (Å²) in [5.74, 6) is -0.459. The van der Waals surface area contributed by atoms with Crippen molar-refractivity contribution in [1.29, 1.82) is 0 Å². The lowest BCUT2D eigenvalue weighted by Gasteiger charge is -2.18. The Morgan fingerprint density at radius 1 is 1.19 bits per heavy atom. The van der Waals surface area contributed by atoms with Gasteiger partial charge in [-0.15, -0.1) is 0 Å². The summed E-state index contributed by atoms with van der Waals surface area (Å²) in [5, 5.41) is 3.31. The molecule has 0 aliphatic carbocycles. The average molecular weight is 381 g/mol. The smallest absolute Gasteiger partial charge is 0.264 e. The first-order valence-electron chi connectivity index (χ1n) is 9.00. The number of nitrogens with zero attached hydrogens (tertiary/aromatic N) is 2. The van der Waals surface area contributed by atoms with Crippen molar-refractivity contribution in [2.24, 2.45) is 4.99 Å². The number of rotatable bonds is 3. The number of benzene rings is 2. The third-order valence-electron chi connectivity index (χ3n) is 4.70. The first-order valence-corrected chi connectivity index (χ1v) is 9.81. The number of hydrogen-bond acceptors (Lipinski definition) is 4. The molecule has 4 nitrogen and oxygen atoms in total. The third kappa shape index (κ3) is 3.90. The Hall–Kier alpha value is -2.60. The maximum atomic E-state index is 14.5. The van der Waals surface area contributed by atoms with Gasteiger partial charge < -0.3 is 10.2 Å². The molecule has 2 aromatic carbocycles. The van der Waals surface area contributed by atoms with Crippen molar-refractivity contribution in [3.63, 3.8) is 0 Å². The highest BCUT2D eigenvalue weighted by molar-refractivity contribution is 8.18. The zero-order valence-electron chi connectivity index (χ0n) is 15.0. The summed E-state index contributed by atoms with van der Waals surface area (Å²) in [6.45, 7) is 3.77. The Kier molecular flexibility index (Phi) is 4.99. The number of aliphatic imine (C=N–C) groups is 1. The maximum absolute atomic E-state index is 14.5. The van der Waals surface area contributed by atoms with Crippen LogP contribution < -0.4 is 10.2 Å². The van der Waals surface area contributed by atoms with Crippen molar-refractivity contribution >= 4 is 40.3 Å². The monoisotopic (exact) mass is 381 g/mol. The summed E-state index contributed by atoms with van der Waals surface area (Å²) in [4.78, 5) is 19.3. The van der Waals surface area contributed by atoms with Crippen LogP contribution in [-0.4, -0.2) is 24.2 Å². The lowest BCUT2D eigenvalue weighted by Crippen LogP contribution is -2.19. The minimum atomic E-state index is -0.247. The summed E-state index contributed by atoms with van der Waals surface area (Å²) >= 11 is 1.27. The maximum Gasteiger partial charge on any atom is 0.264 e. The van der Waals surface area contributed by atoms with E-state index in [1.807, 2.05) is 37.3 Å². The number of thioether (sulfide) groups is 1. The summed E-state index contributed by atoms with van der Waals surface area (Å²) in [6, 6.07) is 12.9. The number of para-hydroxylation sites is 1. The fourth-order valence-corrected chi connectivity index (χ4v) is 4.09. The number of anilines is 1. The minimum Gasteiger partial charge on any atom is -0.369 e. The first-order chi connectivity index (χ1) is 13.1. The minimum absolute atomic E-state index is 0.212. The van der Waals surface area contributed by atoms with Crippen LogP contribution in [0.5, 0.6) is 0 Å². The molecular formula is C21H20FN3OS. The van der Waals surface area contributed by atoms with Crippen LogP contribution in [0.25, 0.3) is 6.08 Å². The molecule has 2 heterocycles. The molecule has 4 rings (SSSR count). The standard InChI is InChI=1S/C21H20FN3OS/c1-14-6-2-3-7-17(14)23-21-24-20(26)19(27-21)13-15-8-9-18(16(22)12-15)25-10-4-5-11-25/h2-3,6-9,12-13H,4-5,10-11H2,1H3,(H,23,24,26)/b19-13-. The second-order valence-corrected chi connectivity index (χ2v) is 7.70. The summed E-state index contributed by atoms with van der Waals surface area (Å²) < 4.78 is 14.5. The molecular weight excluding hydrogens is 361 g/mol. The van der Waals surface area contributed by atoms with Crippen LogP contribution in [0.3, 0.4) is 0 Å². The molecule has 0 bridgehead atoms. The van der Waals surface area contributed by atoms with E-state index in [4.69, 9.17) is 0 Å². The molecule has 27 heavy (non-hydrogen) atoms. The molecule has 2 aliphatic rings. The normalized spacial score (nSPS) is 19.9. The van der Waals surface area contributed by atoms with Gasteiger partial charge in [-0.05, 0) is 66.9 Å². The number of carbonyl (C=O) groups excluding carboxylic acids is 1. The highest BCUT2D eigenvalue weighted by Crippen LogP contribution is 2.30. The molecule has 0 aromatic heterocycles. The van der Waals surface area contributed by atoms with Crippen LogP contribution >= 0.6 is 11.8 Å². The third-order valence-corrected chi connectivity index (χ3v) is 5.61. The van der Waals surface area contributed by atoms with Crippen LogP contribution in [0.2, 0.25) is 0 Å². The molecule has 0 unspecified atom stereocenters. The van der Waals surface area contributed by atoms with Crippen molar-refractivity contribution in [2.75, 3.05) is 18.0 Å². The van der Waals surface area contributed by atoms with Crippen molar-refractivity contribution in [3.8, 4) is 0 Å². The van der Waals surface area contributed by atoms with Crippen LogP contribution in [0.15, 0.2) is 52.4 Å². The zero-order valence-corrected chi connectivity index (χ0v) is 15.9. The van der Waals surface area contributed by atoms with Crippen molar-refractivity contribution in [1.82, 2.24) is 5.32 Å². The molecule has 0 spiro atoms. The van der Waals surface area contributed by atoms with Gasteiger partial charge in [-0.25, -0.2) is 9.38 Å². The van der Waals surface area contributed by atoms with Gasteiger partial charge in [0.15, 0.2) is 5.17 Å². The van der Waals surface area contributed by atoms with Crippen LogP contribution in [-0.2, 0) is 4.79 Å². The van der Waals surface area contributed by atoms with Gasteiger partial charge in [0.1, 0.15) is 5.82 Å². The molecule has 1 amide bonds. The molecule has 0 radical (unpaired) electrons. The molecule has 0 atom stereocenters. The Morgan fingerprint density at radius 3 is 2.70 bits per heavy atom. The molecule has 2 fully saturated rings. The predicted molar refractivity (Wildman–Crippen MR) is 110 cm³/mol. The number of hydrogen-bond donors (Lipinski definition) is 1. The van der Waals surface area contributed by atoms with Gasteiger partial charge in [-0.1, -0.05) is 24.3 Å². The number of carbonyl (C=O) groups is 1. The average Bonchev–Trinajstić information content (AvgIpc) is 3.28. The van der Waals surface area contributed by atoms with Crippen molar-refractivity contribution in [3.05, 3.63) is 64.3 Å². The van der Waals surface area contributed by atoms with E-state index in [-0.39, 0.29) is 11.7 Å². The fourth-order valence-electron chi connectivity index (χ4n) is 3.26. The van der Waals surface area contributed by atoms with Gasteiger partial charge in [0.25, 0.3) is 5.91 Å². The van der Waals surface area contributed by atoms with Gasteiger partial charge >= 0.3 is 0 Å². The predicted octanol–water partition coefficient (Wildman–Crippen LogP) is 4.63. The van der Waals surface area contributed by atoms with Gasteiger partial charge in [-0.3, -0.25) is 4.79 Å². The van der Waals surface area contributed by atoms with E-state index in [9.17, 15) is 9.18 Å². The summed E-state index contributed by atoms with van der Waals surface area (Å²) in [5.41, 5.74) is 3.17. The number of halogens is 1. The van der Waals surface area contributed by atoms with Crippen molar-refractivity contribution < 1.29 is 9.18 Å². The molecule has 1 N–H and O–H groups in total. The van der Waals surface area contributed by atoms with Crippen molar-refractivity contribution in [2.45, 2.75) is 19.8 Å². The van der Waals surface area contributed by atoms with E-state index in [1.165, 1.54) is 17.8 Å². The second kappa shape index (κ2) is 7.56. The topological polar surface area (TPSA) is 44.7 Å². The van der Waals surface area contributed by atoms with Gasteiger partial charge in [0.2, 0.25) is 0 Å². The van der Waals surface area contributed by atoms with E-state index < -0.39 is 0 Å². The number of nitrogens with one attached hydrogen (secondary N) is 1. The highest BCUT2D eigenvalue weighted by atomic mass is 32.2. The summed E-state index contributed by atoms with van der Waals surface area (Å²) in [7, 11) is 0. The molecule has 0 saturated carbocycles. The van der Waals surface area contributed by atoms with Crippen LogP contribution in [0.1, 0.15) is 24.0 Å². The lowest BCUT2D eigenvalue weighted by molar-refractivity contribution is -0.115. The molecule has 6 heteroatoms. The largest absolute Gasteiger partial charge is 0.369 e. The van der Waals surface area contributed by atoms with E-state index >= 15 is 0 Å². The second-order valence-electron chi connectivity index (χ2n) is 6.67. The molecule has 2 saturated heterocycles. The number of aryl methyl sites for hydroxylation is 1. The van der Waals surface area contributed by atoms with Crippen LogP contribution in [0, 0.1) is 12.7 Å². The summed E-state index contributed by atoms with van der Waals surface area (Å²) in [6.07, 6.45) is 3.91. The molecule has 2 aliphatic heterocycles.